The fraction of sp³-hybridized carbons (Fsp3) is 0.333. The number of aryl methyl sites for hydroxylation is 1. The first-order valence-corrected chi connectivity index (χ1v) is 7.91. The number of hydrogen-bond acceptors (Lipinski definition) is 2. The Morgan fingerprint density at radius 2 is 1.81 bits per heavy atom. The zero-order valence-electron chi connectivity index (χ0n) is 12.5. The summed E-state index contributed by atoms with van der Waals surface area (Å²) >= 11 is 3.52. The van der Waals surface area contributed by atoms with Crippen molar-refractivity contribution in [2.45, 2.75) is 38.9 Å². The van der Waals surface area contributed by atoms with Crippen molar-refractivity contribution in [1.29, 1.82) is 0 Å². The molecule has 1 aliphatic rings. The minimum atomic E-state index is -0.615. The maximum Gasteiger partial charge on any atom is 0.123 e. The van der Waals surface area contributed by atoms with E-state index in [-0.39, 0.29) is 5.60 Å². The standard InChI is InChI=1S/C18H19BrO2/c1-11-4-5-13(9-15(11)19)17(20)12-6-7-16-14(8-12)10-18(2,3)21-16/h4-9,17,20H,10H2,1-3H3. The first-order valence-electron chi connectivity index (χ1n) is 7.12. The van der Waals surface area contributed by atoms with Crippen LogP contribution in [0.2, 0.25) is 0 Å². The zero-order chi connectivity index (χ0) is 15.2. The highest BCUT2D eigenvalue weighted by Gasteiger charge is 2.30. The average Bonchev–Trinajstić information content (AvgIpc) is 2.73. The Hall–Kier alpha value is -1.32. The lowest BCUT2D eigenvalue weighted by Gasteiger charge is -2.16. The van der Waals surface area contributed by atoms with Crippen molar-refractivity contribution in [2.24, 2.45) is 0 Å². The van der Waals surface area contributed by atoms with E-state index in [1.165, 1.54) is 5.56 Å². The lowest BCUT2D eigenvalue weighted by molar-refractivity contribution is 0.138. The van der Waals surface area contributed by atoms with E-state index in [1.54, 1.807) is 0 Å². The molecule has 0 fully saturated rings. The molecule has 0 spiro atoms. The highest BCUT2D eigenvalue weighted by Crippen LogP contribution is 2.37. The predicted octanol–water partition coefficient (Wildman–Crippen LogP) is 4.55. The maximum absolute atomic E-state index is 10.6. The van der Waals surface area contributed by atoms with Crippen molar-refractivity contribution in [1.82, 2.24) is 0 Å². The fourth-order valence-electron chi connectivity index (χ4n) is 2.77. The molecule has 2 aromatic carbocycles. The number of fused-ring (bicyclic) bond motifs is 1. The van der Waals surface area contributed by atoms with Gasteiger partial charge < -0.3 is 9.84 Å². The Balaban J connectivity index is 1.93. The second kappa shape index (κ2) is 5.15. The number of benzene rings is 2. The monoisotopic (exact) mass is 346 g/mol. The summed E-state index contributed by atoms with van der Waals surface area (Å²) in [7, 11) is 0. The van der Waals surface area contributed by atoms with Crippen LogP contribution in [0.15, 0.2) is 40.9 Å². The average molecular weight is 347 g/mol. The number of rotatable bonds is 2. The van der Waals surface area contributed by atoms with Crippen LogP contribution in [0.1, 0.15) is 42.2 Å². The zero-order valence-corrected chi connectivity index (χ0v) is 14.1. The molecule has 3 rings (SSSR count). The molecule has 1 unspecified atom stereocenters. The lowest BCUT2D eigenvalue weighted by atomic mass is 9.96. The van der Waals surface area contributed by atoms with Gasteiger partial charge in [-0.2, -0.15) is 0 Å². The number of aliphatic hydroxyl groups excluding tert-OH is 1. The molecule has 0 saturated carbocycles. The van der Waals surface area contributed by atoms with Crippen molar-refractivity contribution < 1.29 is 9.84 Å². The van der Waals surface area contributed by atoms with Crippen LogP contribution in [-0.4, -0.2) is 10.7 Å². The third kappa shape index (κ3) is 2.85. The van der Waals surface area contributed by atoms with E-state index in [9.17, 15) is 5.11 Å². The Kier molecular flexibility index (Phi) is 3.58. The largest absolute Gasteiger partial charge is 0.487 e. The Morgan fingerprint density at radius 1 is 1.14 bits per heavy atom. The molecule has 1 heterocycles. The van der Waals surface area contributed by atoms with E-state index in [1.807, 2.05) is 37.3 Å². The van der Waals surface area contributed by atoms with E-state index in [0.29, 0.717) is 0 Å². The van der Waals surface area contributed by atoms with Crippen molar-refractivity contribution >= 4 is 15.9 Å². The molecule has 2 aromatic rings. The van der Waals surface area contributed by atoms with E-state index in [4.69, 9.17) is 4.74 Å². The van der Waals surface area contributed by atoms with Gasteiger partial charge in [0.25, 0.3) is 0 Å². The smallest absolute Gasteiger partial charge is 0.123 e. The summed E-state index contributed by atoms with van der Waals surface area (Å²) in [5.74, 6) is 0.932. The molecule has 0 aliphatic carbocycles. The fourth-order valence-corrected chi connectivity index (χ4v) is 3.17. The van der Waals surface area contributed by atoms with E-state index in [0.717, 1.165) is 33.3 Å². The third-order valence-corrected chi connectivity index (χ3v) is 4.77. The molecule has 21 heavy (non-hydrogen) atoms. The van der Waals surface area contributed by atoms with Crippen molar-refractivity contribution in [3.8, 4) is 5.75 Å². The Morgan fingerprint density at radius 3 is 2.52 bits per heavy atom. The first kappa shape index (κ1) is 14.6. The van der Waals surface area contributed by atoms with Crippen LogP contribution in [0.25, 0.3) is 0 Å². The van der Waals surface area contributed by atoms with Gasteiger partial charge in [-0.25, -0.2) is 0 Å². The third-order valence-electron chi connectivity index (χ3n) is 3.91. The summed E-state index contributed by atoms with van der Waals surface area (Å²) in [5.41, 5.74) is 3.98. The molecule has 1 atom stereocenters. The van der Waals surface area contributed by atoms with E-state index >= 15 is 0 Å². The first-order chi connectivity index (χ1) is 9.85. The Labute approximate surface area is 133 Å². The predicted molar refractivity (Wildman–Crippen MR) is 87.8 cm³/mol. The summed E-state index contributed by atoms with van der Waals surface area (Å²) in [6.45, 7) is 6.20. The molecule has 2 nitrogen and oxygen atoms in total. The topological polar surface area (TPSA) is 29.5 Å². The molecule has 110 valence electrons. The summed E-state index contributed by atoms with van der Waals surface area (Å²) in [4.78, 5) is 0. The summed E-state index contributed by atoms with van der Waals surface area (Å²) in [6.07, 6.45) is 0.261. The maximum atomic E-state index is 10.6. The van der Waals surface area contributed by atoms with Crippen LogP contribution in [-0.2, 0) is 6.42 Å². The SMILES string of the molecule is Cc1ccc(C(O)c2ccc3c(c2)CC(C)(C)O3)cc1Br. The lowest BCUT2D eigenvalue weighted by Crippen LogP contribution is -2.24. The van der Waals surface area contributed by atoms with Crippen LogP contribution in [0.5, 0.6) is 5.75 Å². The minimum absolute atomic E-state index is 0.154. The molecular formula is C18H19BrO2. The van der Waals surface area contributed by atoms with Gasteiger partial charge in [-0.3, -0.25) is 0 Å². The van der Waals surface area contributed by atoms with Gasteiger partial charge in [0.15, 0.2) is 0 Å². The molecule has 0 saturated heterocycles. The van der Waals surface area contributed by atoms with Crippen molar-refractivity contribution in [3.63, 3.8) is 0 Å². The molecule has 0 aromatic heterocycles. The summed E-state index contributed by atoms with van der Waals surface area (Å²) < 4.78 is 6.90. The van der Waals surface area contributed by atoms with E-state index < -0.39 is 6.10 Å². The normalized spacial score (nSPS) is 17.2. The molecule has 1 N–H and O–H groups in total. The van der Waals surface area contributed by atoms with Crippen LogP contribution >= 0.6 is 15.9 Å². The second-order valence-corrected chi connectivity index (χ2v) is 7.17. The second-order valence-electron chi connectivity index (χ2n) is 6.32. The van der Waals surface area contributed by atoms with Crippen LogP contribution < -0.4 is 4.74 Å². The van der Waals surface area contributed by atoms with E-state index in [2.05, 4.69) is 35.8 Å². The van der Waals surface area contributed by atoms with Gasteiger partial charge in [-0.05, 0) is 61.2 Å². The van der Waals surface area contributed by atoms with Crippen molar-refractivity contribution in [2.75, 3.05) is 0 Å². The van der Waals surface area contributed by atoms with Crippen LogP contribution in [0.3, 0.4) is 0 Å². The van der Waals surface area contributed by atoms with Crippen molar-refractivity contribution in [3.05, 3.63) is 63.1 Å². The minimum Gasteiger partial charge on any atom is -0.487 e. The molecule has 0 bridgehead atoms. The number of hydrogen-bond donors (Lipinski definition) is 1. The summed E-state index contributed by atoms with van der Waals surface area (Å²) in [6, 6.07) is 11.9. The molecule has 0 amide bonds. The molecule has 1 aliphatic heterocycles. The Bertz CT molecular complexity index is 692. The van der Waals surface area contributed by atoms with Gasteiger partial charge in [0.05, 0.1) is 0 Å². The molecule has 0 radical (unpaired) electrons. The van der Waals surface area contributed by atoms with Gasteiger partial charge in [-0.15, -0.1) is 0 Å². The van der Waals surface area contributed by atoms with Gasteiger partial charge in [-0.1, -0.05) is 34.1 Å². The van der Waals surface area contributed by atoms with Gasteiger partial charge in [0, 0.05) is 10.9 Å². The highest BCUT2D eigenvalue weighted by molar-refractivity contribution is 9.10. The molecule has 3 heteroatoms. The van der Waals surface area contributed by atoms with Crippen LogP contribution in [0.4, 0.5) is 0 Å². The van der Waals surface area contributed by atoms with Gasteiger partial charge in [0.2, 0.25) is 0 Å². The highest BCUT2D eigenvalue weighted by atomic mass is 79.9. The van der Waals surface area contributed by atoms with Gasteiger partial charge in [0.1, 0.15) is 17.5 Å². The summed E-state index contributed by atoms with van der Waals surface area (Å²) in [5, 5.41) is 10.6. The van der Waals surface area contributed by atoms with Crippen LogP contribution in [0, 0.1) is 6.92 Å². The number of ether oxygens (including phenoxy) is 1. The molecular weight excluding hydrogens is 328 g/mol. The number of aliphatic hydroxyl groups is 1. The quantitative estimate of drug-likeness (QED) is 0.863. The number of halogens is 1. The van der Waals surface area contributed by atoms with Gasteiger partial charge >= 0.3 is 0 Å².